The van der Waals surface area contributed by atoms with Crippen molar-refractivity contribution in [3.8, 4) is 6.07 Å². The van der Waals surface area contributed by atoms with Crippen molar-refractivity contribution in [2.75, 3.05) is 0 Å². The number of pyridine rings is 1. The van der Waals surface area contributed by atoms with Crippen molar-refractivity contribution < 1.29 is 18.0 Å². The van der Waals surface area contributed by atoms with Crippen LogP contribution in [0.15, 0.2) is 6.07 Å². The zero-order chi connectivity index (χ0) is 10.7. The summed E-state index contributed by atoms with van der Waals surface area (Å²) in [6.45, 7) is 0. The van der Waals surface area contributed by atoms with Crippen LogP contribution in [0.4, 0.5) is 13.2 Å². The van der Waals surface area contributed by atoms with Crippen molar-refractivity contribution in [1.82, 2.24) is 4.98 Å². The monoisotopic (exact) mass is 200 g/mol. The summed E-state index contributed by atoms with van der Waals surface area (Å²) in [5.41, 5.74) is -2.18. The number of aromatic nitrogens is 1. The Morgan fingerprint density at radius 1 is 1.57 bits per heavy atom. The number of nitriles is 1. The second kappa shape index (κ2) is 3.87. The second-order valence-electron chi connectivity index (χ2n) is 2.33. The van der Waals surface area contributed by atoms with Crippen LogP contribution in [-0.4, -0.2) is 11.3 Å². The van der Waals surface area contributed by atoms with Crippen molar-refractivity contribution in [1.29, 1.82) is 5.26 Å². The Kier molecular flexibility index (Phi) is 2.82. The molecule has 0 aliphatic carbocycles. The highest BCUT2D eigenvalue weighted by atomic mass is 19.3. The zero-order valence-electron chi connectivity index (χ0n) is 6.67. The van der Waals surface area contributed by atoms with Gasteiger partial charge >= 0.3 is 0 Å². The number of nitrogens with zero attached hydrogens (tertiary/aromatic N) is 2. The van der Waals surface area contributed by atoms with Gasteiger partial charge in [-0.1, -0.05) is 0 Å². The molecule has 72 valence electrons. The van der Waals surface area contributed by atoms with Gasteiger partial charge in [0.1, 0.15) is 11.8 Å². The first kappa shape index (κ1) is 10.2. The van der Waals surface area contributed by atoms with Crippen LogP contribution >= 0.6 is 0 Å². The molecular formula is C8H3F3N2O. The molecule has 14 heavy (non-hydrogen) atoms. The van der Waals surface area contributed by atoms with Crippen LogP contribution in [0.1, 0.15) is 28.2 Å². The predicted molar refractivity (Wildman–Crippen MR) is 39.3 cm³/mol. The molecule has 0 radical (unpaired) electrons. The molecule has 0 aliphatic heterocycles. The molecule has 0 amide bonds. The van der Waals surface area contributed by atoms with Gasteiger partial charge in [-0.3, -0.25) is 4.79 Å². The van der Waals surface area contributed by atoms with Crippen LogP contribution in [0.5, 0.6) is 0 Å². The molecule has 0 unspecified atom stereocenters. The Bertz CT molecular complexity index is 412. The average Bonchev–Trinajstić information content (AvgIpc) is 2.17. The molecule has 0 fully saturated rings. The lowest BCUT2D eigenvalue weighted by Gasteiger charge is -2.02. The SMILES string of the molecule is N#Cc1nc(C=O)cc(C(F)F)c1F. The number of alkyl halides is 2. The number of aldehydes is 1. The molecule has 0 saturated carbocycles. The normalized spacial score (nSPS) is 9.93. The third kappa shape index (κ3) is 1.71. The summed E-state index contributed by atoms with van der Waals surface area (Å²) in [5.74, 6) is -1.38. The highest BCUT2D eigenvalue weighted by Crippen LogP contribution is 2.23. The van der Waals surface area contributed by atoms with Gasteiger partial charge in [0.25, 0.3) is 6.43 Å². The van der Waals surface area contributed by atoms with E-state index in [1.54, 1.807) is 0 Å². The lowest BCUT2D eigenvalue weighted by molar-refractivity contribution is 0.111. The van der Waals surface area contributed by atoms with E-state index >= 15 is 0 Å². The minimum absolute atomic E-state index is 0.173. The quantitative estimate of drug-likeness (QED) is 0.684. The van der Waals surface area contributed by atoms with E-state index in [0.29, 0.717) is 6.07 Å². The number of hydrogen-bond acceptors (Lipinski definition) is 3. The van der Waals surface area contributed by atoms with Crippen molar-refractivity contribution >= 4 is 6.29 Å². The van der Waals surface area contributed by atoms with E-state index < -0.39 is 29.2 Å². The van der Waals surface area contributed by atoms with Gasteiger partial charge in [-0.05, 0) is 6.07 Å². The van der Waals surface area contributed by atoms with Gasteiger partial charge < -0.3 is 0 Å². The van der Waals surface area contributed by atoms with E-state index in [4.69, 9.17) is 5.26 Å². The molecule has 1 aromatic rings. The zero-order valence-corrected chi connectivity index (χ0v) is 6.67. The van der Waals surface area contributed by atoms with Gasteiger partial charge in [0.2, 0.25) is 0 Å². The maximum atomic E-state index is 13.0. The summed E-state index contributed by atoms with van der Waals surface area (Å²) in [7, 11) is 0. The first-order chi connectivity index (χ1) is 6.60. The van der Waals surface area contributed by atoms with E-state index in [1.165, 1.54) is 6.07 Å². The summed E-state index contributed by atoms with van der Waals surface area (Å²) < 4.78 is 37.3. The Morgan fingerprint density at radius 3 is 2.64 bits per heavy atom. The highest BCUT2D eigenvalue weighted by Gasteiger charge is 2.19. The van der Waals surface area contributed by atoms with Gasteiger partial charge in [0.05, 0.1) is 5.56 Å². The Hall–Kier alpha value is -1.90. The van der Waals surface area contributed by atoms with Gasteiger partial charge in [0.15, 0.2) is 17.8 Å². The lowest BCUT2D eigenvalue weighted by atomic mass is 10.2. The van der Waals surface area contributed by atoms with E-state index in [-0.39, 0.29) is 6.29 Å². The summed E-state index contributed by atoms with van der Waals surface area (Å²) in [4.78, 5) is 13.4. The van der Waals surface area contributed by atoms with Crippen molar-refractivity contribution in [3.63, 3.8) is 0 Å². The number of carbonyl (C=O) groups is 1. The van der Waals surface area contributed by atoms with Crippen LogP contribution < -0.4 is 0 Å². The van der Waals surface area contributed by atoms with Gasteiger partial charge in [-0.25, -0.2) is 18.2 Å². The fourth-order valence-corrected chi connectivity index (χ4v) is 0.863. The average molecular weight is 200 g/mol. The molecule has 1 rings (SSSR count). The third-order valence-corrected chi connectivity index (χ3v) is 1.47. The number of rotatable bonds is 2. The summed E-state index contributed by atoms with van der Waals surface area (Å²) in [6.07, 6.45) is -2.91. The topological polar surface area (TPSA) is 53.8 Å². The Morgan fingerprint density at radius 2 is 2.21 bits per heavy atom. The number of carbonyl (C=O) groups excluding carboxylic acids is 1. The van der Waals surface area contributed by atoms with Gasteiger partial charge in [-0.2, -0.15) is 5.26 Å². The predicted octanol–water partition coefficient (Wildman–Crippen LogP) is 1.84. The molecule has 0 saturated heterocycles. The van der Waals surface area contributed by atoms with Gasteiger partial charge in [0, 0.05) is 0 Å². The molecule has 1 aromatic heterocycles. The summed E-state index contributed by atoms with van der Waals surface area (Å²) >= 11 is 0. The maximum absolute atomic E-state index is 13.0. The first-order valence-electron chi connectivity index (χ1n) is 3.44. The smallest absolute Gasteiger partial charge is 0.266 e. The molecule has 3 nitrogen and oxygen atoms in total. The van der Waals surface area contributed by atoms with Crippen LogP contribution in [0.3, 0.4) is 0 Å². The summed E-state index contributed by atoms with van der Waals surface area (Å²) in [5, 5.41) is 8.33. The Balaban J connectivity index is 3.43. The van der Waals surface area contributed by atoms with Gasteiger partial charge in [-0.15, -0.1) is 0 Å². The fourth-order valence-electron chi connectivity index (χ4n) is 0.863. The molecule has 0 N–H and O–H groups in total. The number of halogens is 3. The molecule has 0 spiro atoms. The van der Waals surface area contributed by atoms with E-state index in [9.17, 15) is 18.0 Å². The molecule has 0 atom stereocenters. The third-order valence-electron chi connectivity index (χ3n) is 1.47. The van der Waals surface area contributed by atoms with Crippen molar-refractivity contribution in [2.24, 2.45) is 0 Å². The number of hydrogen-bond donors (Lipinski definition) is 0. The second-order valence-corrected chi connectivity index (χ2v) is 2.33. The summed E-state index contributed by atoms with van der Waals surface area (Å²) in [6, 6.07) is 1.91. The van der Waals surface area contributed by atoms with E-state index in [0.717, 1.165) is 0 Å². The molecule has 0 bridgehead atoms. The highest BCUT2D eigenvalue weighted by molar-refractivity contribution is 5.72. The minimum Gasteiger partial charge on any atom is -0.296 e. The Labute approximate surface area is 76.8 Å². The van der Waals surface area contributed by atoms with Crippen LogP contribution in [-0.2, 0) is 0 Å². The van der Waals surface area contributed by atoms with Crippen LogP contribution in [0, 0.1) is 17.1 Å². The standard InChI is InChI=1S/C8H3F3N2O/c9-7-5(8(10)11)1-4(3-14)13-6(7)2-12/h1,3,8H. The lowest BCUT2D eigenvalue weighted by Crippen LogP contribution is -2.01. The molecule has 6 heteroatoms. The molecular weight excluding hydrogens is 197 g/mol. The van der Waals surface area contributed by atoms with Crippen LogP contribution in [0.25, 0.3) is 0 Å². The molecule has 1 heterocycles. The maximum Gasteiger partial charge on any atom is 0.266 e. The van der Waals surface area contributed by atoms with E-state index in [1.807, 2.05) is 0 Å². The first-order valence-corrected chi connectivity index (χ1v) is 3.44. The fraction of sp³-hybridized carbons (Fsp3) is 0.125. The van der Waals surface area contributed by atoms with Crippen molar-refractivity contribution in [2.45, 2.75) is 6.43 Å². The molecule has 0 aromatic carbocycles. The molecule has 0 aliphatic rings. The largest absolute Gasteiger partial charge is 0.296 e. The van der Waals surface area contributed by atoms with Crippen LogP contribution in [0.2, 0.25) is 0 Å². The van der Waals surface area contributed by atoms with Crippen molar-refractivity contribution in [3.05, 3.63) is 28.8 Å². The minimum atomic E-state index is -3.08. The van der Waals surface area contributed by atoms with E-state index in [2.05, 4.69) is 4.98 Å².